The quantitative estimate of drug-likeness (QED) is 0.509. The summed E-state index contributed by atoms with van der Waals surface area (Å²) in [6.07, 6.45) is 1.83. The fourth-order valence-electron chi connectivity index (χ4n) is 1.79. The van der Waals surface area contributed by atoms with E-state index < -0.39 is 0 Å². The average Bonchev–Trinajstić information content (AvgIpc) is 2.34. The number of fused-ring (bicyclic) bond motifs is 1. The van der Waals surface area contributed by atoms with Crippen molar-refractivity contribution in [3.8, 4) is 0 Å². The van der Waals surface area contributed by atoms with Gasteiger partial charge in [0.25, 0.3) is 0 Å². The molecule has 0 saturated carbocycles. The second kappa shape index (κ2) is 2.95. The molecule has 2 aliphatic heterocycles. The van der Waals surface area contributed by atoms with Crippen LogP contribution in [0.25, 0.3) is 0 Å². The lowest BCUT2D eigenvalue weighted by atomic mass is 9.95. The Morgan fingerprint density at radius 2 is 2.40 bits per heavy atom. The Morgan fingerprint density at radius 3 is 3.20 bits per heavy atom. The zero-order chi connectivity index (χ0) is 6.97. The molecule has 3 unspecified atom stereocenters. The highest BCUT2D eigenvalue weighted by molar-refractivity contribution is 14.1. The van der Waals surface area contributed by atoms with E-state index in [1.54, 1.807) is 0 Å². The van der Waals surface area contributed by atoms with Gasteiger partial charge in [0.15, 0.2) is 0 Å². The molecule has 2 rings (SSSR count). The summed E-state index contributed by atoms with van der Waals surface area (Å²) < 4.78 is 6.37. The number of alkyl halides is 1. The second-order valence-corrected chi connectivity index (χ2v) is 4.64. The van der Waals surface area contributed by atoms with Crippen molar-refractivity contribution in [1.29, 1.82) is 0 Å². The van der Waals surface area contributed by atoms with Crippen molar-refractivity contribution in [1.82, 2.24) is 5.32 Å². The Labute approximate surface area is 74.8 Å². The zero-order valence-corrected chi connectivity index (χ0v) is 8.00. The number of rotatable bonds is 0. The van der Waals surface area contributed by atoms with Gasteiger partial charge >= 0.3 is 0 Å². The normalized spacial score (nSPS) is 47.1. The maximum atomic E-state index is 5.60. The molecule has 3 heteroatoms. The number of hydrogen-bond acceptors (Lipinski definition) is 2. The Morgan fingerprint density at radius 1 is 1.50 bits per heavy atom. The fraction of sp³-hybridized carbons (Fsp3) is 1.00. The smallest absolute Gasteiger partial charge is 0.0739 e. The summed E-state index contributed by atoms with van der Waals surface area (Å²) in [7, 11) is 0. The van der Waals surface area contributed by atoms with Crippen molar-refractivity contribution in [2.45, 2.75) is 16.4 Å². The van der Waals surface area contributed by atoms with Crippen LogP contribution in [0, 0.1) is 5.92 Å². The summed E-state index contributed by atoms with van der Waals surface area (Å²) in [6, 6.07) is 0. The Kier molecular flexibility index (Phi) is 2.15. The minimum absolute atomic E-state index is 0.524. The van der Waals surface area contributed by atoms with Gasteiger partial charge in [-0.15, -0.1) is 0 Å². The predicted molar refractivity (Wildman–Crippen MR) is 48.5 cm³/mol. The molecule has 0 aromatic heterocycles. The molecular formula is C7H12INO. The van der Waals surface area contributed by atoms with Crippen molar-refractivity contribution in [2.24, 2.45) is 5.92 Å². The van der Waals surface area contributed by atoms with Crippen LogP contribution in [0.15, 0.2) is 0 Å². The minimum atomic E-state index is 0.524. The first-order valence-electron chi connectivity index (χ1n) is 3.84. The number of nitrogens with one attached hydrogen (secondary N) is 1. The molecule has 2 saturated heterocycles. The molecule has 3 atom stereocenters. The molecule has 58 valence electrons. The van der Waals surface area contributed by atoms with E-state index in [0.29, 0.717) is 6.10 Å². The van der Waals surface area contributed by atoms with Gasteiger partial charge in [-0.2, -0.15) is 0 Å². The van der Waals surface area contributed by atoms with E-state index in [9.17, 15) is 0 Å². The van der Waals surface area contributed by atoms with Crippen LogP contribution in [0.3, 0.4) is 0 Å². The van der Waals surface area contributed by atoms with Gasteiger partial charge in [0.2, 0.25) is 0 Å². The van der Waals surface area contributed by atoms with E-state index in [1.807, 2.05) is 0 Å². The van der Waals surface area contributed by atoms with Crippen LogP contribution >= 0.6 is 22.6 Å². The van der Waals surface area contributed by atoms with Gasteiger partial charge in [-0.3, -0.25) is 0 Å². The van der Waals surface area contributed by atoms with Crippen LogP contribution in [0.2, 0.25) is 0 Å². The first-order valence-corrected chi connectivity index (χ1v) is 5.09. The summed E-state index contributed by atoms with van der Waals surface area (Å²) >= 11 is 2.51. The summed E-state index contributed by atoms with van der Waals surface area (Å²) in [4.78, 5) is 0. The van der Waals surface area contributed by atoms with E-state index in [0.717, 1.165) is 23.0 Å². The second-order valence-electron chi connectivity index (χ2n) is 3.04. The van der Waals surface area contributed by atoms with E-state index in [1.165, 1.54) is 13.0 Å². The molecule has 0 radical (unpaired) electrons. The van der Waals surface area contributed by atoms with Crippen molar-refractivity contribution in [3.05, 3.63) is 0 Å². The van der Waals surface area contributed by atoms with Crippen molar-refractivity contribution < 1.29 is 4.74 Å². The molecule has 0 amide bonds. The molecule has 2 aliphatic rings. The molecule has 0 bridgehead atoms. The highest BCUT2D eigenvalue weighted by Gasteiger charge is 2.36. The zero-order valence-electron chi connectivity index (χ0n) is 5.85. The Balaban J connectivity index is 2.01. The van der Waals surface area contributed by atoms with Crippen LogP contribution in [0.4, 0.5) is 0 Å². The van der Waals surface area contributed by atoms with Gasteiger partial charge in [0.05, 0.1) is 12.7 Å². The lowest BCUT2D eigenvalue weighted by molar-refractivity contribution is 0.0763. The third-order valence-electron chi connectivity index (χ3n) is 2.41. The van der Waals surface area contributed by atoms with Crippen molar-refractivity contribution in [3.63, 3.8) is 0 Å². The van der Waals surface area contributed by atoms with Gasteiger partial charge in [0.1, 0.15) is 0 Å². The van der Waals surface area contributed by atoms with Gasteiger partial charge in [0, 0.05) is 16.4 Å². The standard InChI is InChI=1S/C7H12INO/c8-6-4-10-7-3-9-2-1-5(6)7/h5-7,9H,1-4H2. The molecule has 2 fully saturated rings. The molecule has 0 aromatic rings. The summed E-state index contributed by atoms with van der Waals surface area (Å²) in [5.41, 5.74) is 0. The first kappa shape index (κ1) is 7.31. The lowest BCUT2D eigenvalue weighted by Crippen LogP contribution is -2.40. The van der Waals surface area contributed by atoms with Crippen LogP contribution < -0.4 is 5.32 Å². The van der Waals surface area contributed by atoms with Crippen molar-refractivity contribution >= 4 is 22.6 Å². The Hall–Kier alpha value is 0.650. The average molecular weight is 253 g/mol. The monoisotopic (exact) mass is 253 g/mol. The summed E-state index contributed by atoms with van der Waals surface area (Å²) in [5.74, 6) is 0.835. The molecule has 0 aromatic carbocycles. The predicted octanol–water partition coefficient (Wildman–Crippen LogP) is 0.798. The molecular weight excluding hydrogens is 241 g/mol. The number of ether oxygens (including phenoxy) is 1. The molecule has 2 heterocycles. The fourth-order valence-corrected chi connectivity index (χ4v) is 2.82. The van der Waals surface area contributed by atoms with E-state index in [2.05, 4.69) is 27.9 Å². The topological polar surface area (TPSA) is 21.3 Å². The highest BCUT2D eigenvalue weighted by atomic mass is 127. The molecule has 10 heavy (non-hydrogen) atoms. The third-order valence-corrected chi connectivity index (χ3v) is 3.69. The number of hydrogen-bond donors (Lipinski definition) is 1. The van der Waals surface area contributed by atoms with Crippen LogP contribution in [0.5, 0.6) is 0 Å². The third kappa shape index (κ3) is 1.19. The van der Waals surface area contributed by atoms with Gasteiger partial charge in [-0.05, 0) is 13.0 Å². The van der Waals surface area contributed by atoms with Crippen molar-refractivity contribution in [2.75, 3.05) is 19.7 Å². The van der Waals surface area contributed by atoms with Crippen LogP contribution in [-0.2, 0) is 4.74 Å². The minimum Gasteiger partial charge on any atom is -0.375 e. The maximum absolute atomic E-state index is 5.60. The van der Waals surface area contributed by atoms with Crippen LogP contribution in [-0.4, -0.2) is 29.7 Å². The van der Waals surface area contributed by atoms with E-state index in [4.69, 9.17) is 4.74 Å². The summed E-state index contributed by atoms with van der Waals surface area (Å²) in [6.45, 7) is 3.23. The molecule has 0 aliphatic carbocycles. The van der Waals surface area contributed by atoms with Gasteiger partial charge < -0.3 is 10.1 Å². The van der Waals surface area contributed by atoms with Crippen LogP contribution in [0.1, 0.15) is 6.42 Å². The maximum Gasteiger partial charge on any atom is 0.0739 e. The molecule has 2 nitrogen and oxygen atoms in total. The highest BCUT2D eigenvalue weighted by Crippen LogP contribution is 2.31. The largest absolute Gasteiger partial charge is 0.375 e. The molecule has 1 N–H and O–H groups in total. The number of piperidine rings is 1. The Bertz CT molecular complexity index is 129. The van der Waals surface area contributed by atoms with E-state index >= 15 is 0 Å². The van der Waals surface area contributed by atoms with Gasteiger partial charge in [-0.25, -0.2) is 0 Å². The number of halogens is 1. The molecule has 0 spiro atoms. The van der Waals surface area contributed by atoms with Gasteiger partial charge in [-0.1, -0.05) is 22.6 Å². The summed E-state index contributed by atoms with van der Waals surface area (Å²) in [5, 5.41) is 3.35. The SMILES string of the molecule is IC1COC2CNCCC12. The first-order chi connectivity index (χ1) is 4.88. The lowest BCUT2D eigenvalue weighted by Gasteiger charge is -2.25. The van der Waals surface area contributed by atoms with E-state index in [-0.39, 0.29) is 0 Å².